The van der Waals surface area contributed by atoms with Crippen LogP contribution in [0.5, 0.6) is 0 Å². The standard InChI is InChI=1S/C16H28N6O4/c1-15(2,3)25-13(23)21-8-9-22(14(24)26-16(4,5)6)11(10-21)12-17-19-20(7)18-12/h11H,8-10H2,1-7H3. The number of aryl methyl sites for hydroxylation is 1. The minimum Gasteiger partial charge on any atom is -0.444 e. The molecule has 2 amide bonds. The fourth-order valence-electron chi connectivity index (χ4n) is 2.47. The number of hydrogen-bond donors (Lipinski definition) is 0. The molecule has 1 aromatic rings. The number of tetrazole rings is 1. The van der Waals surface area contributed by atoms with E-state index >= 15 is 0 Å². The number of carbonyl (C=O) groups excluding carboxylic acids is 2. The van der Waals surface area contributed by atoms with Gasteiger partial charge in [-0.1, -0.05) is 0 Å². The molecule has 26 heavy (non-hydrogen) atoms. The van der Waals surface area contributed by atoms with Gasteiger partial charge in [0.05, 0.1) is 13.6 Å². The lowest BCUT2D eigenvalue weighted by Crippen LogP contribution is -2.54. The maximum Gasteiger partial charge on any atom is 0.411 e. The third-order valence-electron chi connectivity index (χ3n) is 3.48. The number of hydrogen-bond acceptors (Lipinski definition) is 7. The van der Waals surface area contributed by atoms with Crippen LogP contribution < -0.4 is 0 Å². The summed E-state index contributed by atoms with van der Waals surface area (Å²) in [7, 11) is 1.64. The Morgan fingerprint density at radius 1 is 1.00 bits per heavy atom. The van der Waals surface area contributed by atoms with Crippen LogP contribution in [0.1, 0.15) is 53.4 Å². The van der Waals surface area contributed by atoms with Crippen LogP contribution in [0, 0.1) is 0 Å². The number of nitrogens with zero attached hydrogens (tertiary/aromatic N) is 6. The van der Waals surface area contributed by atoms with Crippen molar-refractivity contribution < 1.29 is 19.1 Å². The molecule has 0 bridgehead atoms. The van der Waals surface area contributed by atoms with E-state index in [0.29, 0.717) is 12.4 Å². The van der Waals surface area contributed by atoms with Crippen LogP contribution in [0.15, 0.2) is 0 Å². The highest BCUT2D eigenvalue weighted by Crippen LogP contribution is 2.26. The molecule has 2 heterocycles. The first-order valence-electron chi connectivity index (χ1n) is 8.57. The molecule has 10 heteroatoms. The fourth-order valence-corrected chi connectivity index (χ4v) is 2.47. The summed E-state index contributed by atoms with van der Waals surface area (Å²) in [6, 6.07) is -0.556. The molecule has 0 aliphatic carbocycles. The van der Waals surface area contributed by atoms with Gasteiger partial charge in [-0.25, -0.2) is 9.59 Å². The van der Waals surface area contributed by atoms with Crippen LogP contribution in [-0.4, -0.2) is 73.0 Å². The second-order valence-electron chi connectivity index (χ2n) is 8.25. The van der Waals surface area contributed by atoms with Gasteiger partial charge in [0, 0.05) is 13.1 Å². The number of rotatable bonds is 1. The number of piperazine rings is 1. The van der Waals surface area contributed by atoms with Gasteiger partial charge in [-0.2, -0.15) is 4.80 Å². The van der Waals surface area contributed by atoms with Gasteiger partial charge in [0.1, 0.15) is 17.2 Å². The van der Waals surface area contributed by atoms with E-state index in [1.54, 1.807) is 32.7 Å². The summed E-state index contributed by atoms with van der Waals surface area (Å²) in [6.07, 6.45) is -0.908. The van der Waals surface area contributed by atoms with Crippen LogP contribution in [0.2, 0.25) is 0 Å². The zero-order valence-corrected chi connectivity index (χ0v) is 16.5. The van der Waals surface area contributed by atoms with Gasteiger partial charge in [0.15, 0.2) is 5.82 Å². The highest BCUT2D eigenvalue weighted by atomic mass is 16.6. The number of ether oxygens (including phenoxy) is 2. The van der Waals surface area contributed by atoms with E-state index in [1.807, 2.05) is 20.8 Å². The molecular formula is C16H28N6O4. The zero-order chi connectivity index (χ0) is 19.7. The molecule has 1 aliphatic rings. The molecule has 1 aliphatic heterocycles. The number of carbonyl (C=O) groups is 2. The Balaban J connectivity index is 2.20. The van der Waals surface area contributed by atoms with Crippen LogP contribution in [0.25, 0.3) is 0 Å². The maximum atomic E-state index is 12.6. The molecule has 2 rings (SSSR count). The van der Waals surface area contributed by atoms with Crippen LogP contribution in [-0.2, 0) is 16.5 Å². The first-order valence-corrected chi connectivity index (χ1v) is 8.57. The topological polar surface area (TPSA) is 103 Å². The molecule has 0 spiro atoms. The van der Waals surface area contributed by atoms with Crippen molar-refractivity contribution in [2.24, 2.45) is 7.05 Å². The average molecular weight is 368 g/mol. The van der Waals surface area contributed by atoms with Crippen molar-refractivity contribution in [3.63, 3.8) is 0 Å². The SMILES string of the molecule is Cn1nnc(C2CN(C(=O)OC(C)(C)C)CCN2C(=O)OC(C)(C)C)n1. The van der Waals surface area contributed by atoms with E-state index in [4.69, 9.17) is 9.47 Å². The third kappa shape index (κ3) is 5.30. The Bertz CT molecular complexity index is 660. The summed E-state index contributed by atoms with van der Waals surface area (Å²) in [5, 5.41) is 12.0. The van der Waals surface area contributed by atoms with Crippen LogP contribution in [0.4, 0.5) is 9.59 Å². The normalized spacial score (nSPS) is 18.7. The molecule has 1 unspecified atom stereocenters. The predicted molar refractivity (Wildman–Crippen MR) is 92.3 cm³/mol. The summed E-state index contributed by atoms with van der Waals surface area (Å²) in [5.74, 6) is 0.353. The Morgan fingerprint density at radius 3 is 2.08 bits per heavy atom. The molecule has 1 fully saturated rings. The molecule has 0 N–H and O–H groups in total. The van der Waals surface area contributed by atoms with Gasteiger partial charge < -0.3 is 14.4 Å². The highest BCUT2D eigenvalue weighted by Gasteiger charge is 2.39. The highest BCUT2D eigenvalue weighted by molar-refractivity contribution is 5.71. The summed E-state index contributed by atoms with van der Waals surface area (Å²) in [5.41, 5.74) is -1.22. The molecular weight excluding hydrogens is 340 g/mol. The van der Waals surface area contributed by atoms with E-state index in [2.05, 4.69) is 15.4 Å². The predicted octanol–water partition coefficient (Wildman–Crippen LogP) is 1.74. The first kappa shape index (κ1) is 19.9. The van der Waals surface area contributed by atoms with E-state index < -0.39 is 29.4 Å². The molecule has 10 nitrogen and oxygen atoms in total. The second-order valence-corrected chi connectivity index (χ2v) is 8.25. The molecule has 0 aromatic carbocycles. The van der Waals surface area contributed by atoms with Crippen molar-refractivity contribution in [3.8, 4) is 0 Å². The largest absolute Gasteiger partial charge is 0.444 e. The van der Waals surface area contributed by atoms with Gasteiger partial charge in [0.25, 0.3) is 0 Å². The monoisotopic (exact) mass is 368 g/mol. The first-order chi connectivity index (χ1) is 11.9. The van der Waals surface area contributed by atoms with Gasteiger partial charge >= 0.3 is 12.2 Å². The minimum atomic E-state index is -0.625. The van der Waals surface area contributed by atoms with E-state index in [9.17, 15) is 9.59 Å². The summed E-state index contributed by atoms with van der Waals surface area (Å²) in [6.45, 7) is 11.7. The minimum absolute atomic E-state index is 0.208. The van der Waals surface area contributed by atoms with Crippen LogP contribution >= 0.6 is 0 Å². The van der Waals surface area contributed by atoms with Crippen molar-refractivity contribution in [3.05, 3.63) is 5.82 Å². The van der Waals surface area contributed by atoms with Crippen molar-refractivity contribution in [2.75, 3.05) is 19.6 Å². The zero-order valence-electron chi connectivity index (χ0n) is 16.5. The lowest BCUT2D eigenvalue weighted by atomic mass is 10.1. The number of amides is 2. The lowest BCUT2D eigenvalue weighted by Gasteiger charge is -2.40. The molecule has 0 saturated carbocycles. The molecule has 1 atom stereocenters. The molecule has 0 radical (unpaired) electrons. The Hall–Kier alpha value is -2.39. The average Bonchev–Trinajstić information content (AvgIpc) is 2.89. The Kier molecular flexibility index (Phi) is 5.43. The van der Waals surface area contributed by atoms with Gasteiger partial charge in [0.2, 0.25) is 0 Å². The summed E-state index contributed by atoms with van der Waals surface area (Å²) in [4.78, 5) is 29.4. The quantitative estimate of drug-likeness (QED) is 0.744. The van der Waals surface area contributed by atoms with Gasteiger partial charge in [-0.15, -0.1) is 10.2 Å². The van der Waals surface area contributed by atoms with Crippen molar-refractivity contribution in [2.45, 2.75) is 58.8 Å². The lowest BCUT2D eigenvalue weighted by molar-refractivity contribution is -0.0164. The molecule has 1 aromatic heterocycles. The van der Waals surface area contributed by atoms with Gasteiger partial charge in [-0.3, -0.25) is 4.90 Å². The van der Waals surface area contributed by atoms with E-state index in [1.165, 1.54) is 9.70 Å². The third-order valence-corrected chi connectivity index (χ3v) is 3.48. The Morgan fingerprint density at radius 2 is 1.58 bits per heavy atom. The molecule has 146 valence electrons. The maximum absolute atomic E-state index is 12.6. The van der Waals surface area contributed by atoms with Gasteiger partial charge in [-0.05, 0) is 46.8 Å². The van der Waals surface area contributed by atoms with E-state index in [0.717, 1.165) is 0 Å². The van der Waals surface area contributed by atoms with E-state index in [-0.39, 0.29) is 13.1 Å². The molecule has 1 saturated heterocycles. The fraction of sp³-hybridized carbons (Fsp3) is 0.812. The number of aromatic nitrogens is 4. The second kappa shape index (κ2) is 7.08. The van der Waals surface area contributed by atoms with Crippen molar-refractivity contribution in [1.29, 1.82) is 0 Å². The van der Waals surface area contributed by atoms with Crippen molar-refractivity contribution >= 4 is 12.2 Å². The smallest absolute Gasteiger partial charge is 0.411 e. The Labute approximate surface area is 153 Å². The summed E-state index contributed by atoms with van der Waals surface area (Å²) < 4.78 is 10.9. The van der Waals surface area contributed by atoms with Crippen LogP contribution in [0.3, 0.4) is 0 Å². The van der Waals surface area contributed by atoms with Crippen molar-refractivity contribution in [1.82, 2.24) is 30.0 Å². The summed E-state index contributed by atoms with van der Waals surface area (Å²) >= 11 is 0.